The van der Waals surface area contributed by atoms with E-state index in [9.17, 15) is 9.18 Å². The van der Waals surface area contributed by atoms with E-state index in [4.69, 9.17) is 4.74 Å². The van der Waals surface area contributed by atoms with Gasteiger partial charge in [0.2, 0.25) is 0 Å². The van der Waals surface area contributed by atoms with E-state index in [0.717, 1.165) is 25.9 Å². The number of ether oxygens (including phenoxy) is 1. The number of carbonyl (C=O) groups excluding carboxylic acids is 1. The smallest absolute Gasteiger partial charge is 0.168 e. The van der Waals surface area contributed by atoms with E-state index >= 15 is 0 Å². The molecule has 0 atom stereocenters. The molecule has 104 valence electrons. The van der Waals surface area contributed by atoms with Crippen molar-refractivity contribution in [1.82, 2.24) is 5.32 Å². The molecule has 1 aliphatic rings. The maximum atomic E-state index is 13.5. The van der Waals surface area contributed by atoms with Gasteiger partial charge in [-0.3, -0.25) is 4.79 Å². The molecule has 0 aliphatic carbocycles. The second kappa shape index (κ2) is 7.12. The lowest BCUT2D eigenvalue weighted by atomic mass is 10.1. The van der Waals surface area contributed by atoms with Gasteiger partial charge in [0.05, 0.1) is 18.3 Å². The van der Waals surface area contributed by atoms with E-state index < -0.39 is 5.82 Å². The molecule has 0 saturated carbocycles. The molecular formula is C14H17BrFNO2. The summed E-state index contributed by atoms with van der Waals surface area (Å²) >= 11 is 3.24. The zero-order valence-corrected chi connectivity index (χ0v) is 12.2. The zero-order chi connectivity index (χ0) is 13.7. The molecule has 0 aromatic heterocycles. The molecule has 3 nitrogen and oxygen atoms in total. The topological polar surface area (TPSA) is 38.3 Å². The monoisotopic (exact) mass is 329 g/mol. The molecule has 5 heteroatoms. The van der Waals surface area contributed by atoms with E-state index in [1.165, 1.54) is 12.1 Å². The van der Waals surface area contributed by atoms with Crippen molar-refractivity contribution in [2.75, 3.05) is 19.7 Å². The number of hydrogen-bond donors (Lipinski definition) is 1. The third-order valence-corrected chi connectivity index (χ3v) is 3.69. The third kappa shape index (κ3) is 4.37. The van der Waals surface area contributed by atoms with E-state index in [2.05, 4.69) is 21.2 Å². The highest BCUT2D eigenvalue weighted by atomic mass is 79.9. The van der Waals surface area contributed by atoms with Crippen molar-refractivity contribution in [3.8, 4) is 0 Å². The highest BCUT2D eigenvalue weighted by Gasteiger charge is 2.15. The van der Waals surface area contributed by atoms with E-state index in [0.29, 0.717) is 11.1 Å². The molecule has 0 amide bonds. The lowest BCUT2D eigenvalue weighted by Crippen LogP contribution is -2.32. The largest absolute Gasteiger partial charge is 0.378 e. The number of benzene rings is 1. The van der Waals surface area contributed by atoms with Crippen molar-refractivity contribution in [3.63, 3.8) is 0 Å². The van der Waals surface area contributed by atoms with Gasteiger partial charge in [0.25, 0.3) is 0 Å². The molecule has 1 heterocycles. The zero-order valence-electron chi connectivity index (χ0n) is 10.6. The highest BCUT2D eigenvalue weighted by molar-refractivity contribution is 9.10. The van der Waals surface area contributed by atoms with Gasteiger partial charge in [0.1, 0.15) is 5.82 Å². The number of Topliss-reactive ketones (excluding diaryl/α,β-unsaturated/α-hetero) is 1. The molecule has 19 heavy (non-hydrogen) atoms. The number of hydrogen-bond acceptors (Lipinski definition) is 3. The molecule has 0 spiro atoms. The molecule has 1 aliphatic heterocycles. The van der Waals surface area contributed by atoms with Gasteiger partial charge in [-0.25, -0.2) is 4.39 Å². The van der Waals surface area contributed by atoms with Crippen LogP contribution in [-0.2, 0) is 4.74 Å². The SMILES string of the molecule is O=C(CCOC1CCNCC1)c1cc(Br)ccc1F. The summed E-state index contributed by atoms with van der Waals surface area (Å²) in [5.41, 5.74) is 0.128. The van der Waals surface area contributed by atoms with Crippen molar-refractivity contribution in [3.05, 3.63) is 34.1 Å². The average Bonchev–Trinajstić information content (AvgIpc) is 2.42. The highest BCUT2D eigenvalue weighted by Crippen LogP contribution is 2.17. The fourth-order valence-corrected chi connectivity index (χ4v) is 2.49. The van der Waals surface area contributed by atoms with Crippen LogP contribution < -0.4 is 5.32 Å². The first-order valence-electron chi connectivity index (χ1n) is 6.47. The first kappa shape index (κ1) is 14.6. The van der Waals surface area contributed by atoms with Crippen molar-refractivity contribution in [2.45, 2.75) is 25.4 Å². The minimum absolute atomic E-state index is 0.128. The van der Waals surface area contributed by atoms with Crippen LogP contribution in [0.25, 0.3) is 0 Å². The van der Waals surface area contributed by atoms with Crippen LogP contribution in [0.2, 0.25) is 0 Å². The van der Waals surface area contributed by atoms with Crippen LogP contribution in [0.5, 0.6) is 0 Å². The predicted octanol–water partition coefficient (Wildman–Crippen LogP) is 2.93. The van der Waals surface area contributed by atoms with Crippen molar-refractivity contribution in [1.29, 1.82) is 0 Å². The molecule has 1 fully saturated rings. The van der Waals surface area contributed by atoms with Gasteiger partial charge in [0, 0.05) is 10.9 Å². The molecule has 1 N–H and O–H groups in total. The fourth-order valence-electron chi connectivity index (χ4n) is 2.13. The van der Waals surface area contributed by atoms with Crippen LogP contribution in [0, 0.1) is 5.82 Å². The van der Waals surface area contributed by atoms with Gasteiger partial charge in [-0.05, 0) is 44.1 Å². The third-order valence-electron chi connectivity index (χ3n) is 3.20. The van der Waals surface area contributed by atoms with Crippen LogP contribution in [0.3, 0.4) is 0 Å². The minimum atomic E-state index is -0.477. The first-order valence-corrected chi connectivity index (χ1v) is 7.26. The quantitative estimate of drug-likeness (QED) is 0.844. The van der Waals surface area contributed by atoms with Gasteiger partial charge in [-0.2, -0.15) is 0 Å². The summed E-state index contributed by atoms with van der Waals surface area (Å²) in [6, 6.07) is 4.39. The maximum absolute atomic E-state index is 13.5. The first-order chi connectivity index (χ1) is 9.16. The second-order valence-electron chi connectivity index (χ2n) is 4.62. The predicted molar refractivity (Wildman–Crippen MR) is 74.9 cm³/mol. The Morgan fingerprint density at radius 2 is 2.16 bits per heavy atom. The van der Waals surface area contributed by atoms with Crippen LogP contribution >= 0.6 is 15.9 Å². The van der Waals surface area contributed by atoms with Gasteiger partial charge in [-0.1, -0.05) is 15.9 Å². The summed E-state index contributed by atoms with van der Waals surface area (Å²) in [5.74, 6) is -0.692. The van der Waals surface area contributed by atoms with Gasteiger partial charge >= 0.3 is 0 Å². The van der Waals surface area contributed by atoms with Crippen LogP contribution in [-0.4, -0.2) is 31.6 Å². The van der Waals surface area contributed by atoms with E-state index in [1.54, 1.807) is 6.07 Å². The number of carbonyl (C=O) groups is 1. The van der Waals surface area contributed by atoms with Gasteiger partial charge in [-0.15, -0.1) is 0 Å². The van der Waals surface area contributed by atoms with Gasteiger partial charge in [0.15, 0.2) is 5.78 Å². The van der Waals surface area contributed by atoms with Crippen molar-refractivity contribution >= 4 is 21.7 Å². The minimum Gasteiger partial charge on any atom is -0.378 e. The normalized spacial score (nSPS) is 16.5. The van der Waals surface area contributed by atoms with E-state index in [-0.39, 0.29) is 23.9 Å². The summed E-state index contributed by atoms with van der Waals surface area (Å²) in [5, 5.41) is 3.25. The number of piperidine rings is 1. The van der Waals surface area contributed by atoms with Gasteiger partial charge < -0.3 is 10.1 Å². The van der Waals surface area contributed by atoms with E-state index in [1.807, 2.05) is 0 Å². The Morgan fingerprint density at radius 1 is 1.42 bits per heavy atom. The maximum Gasteiger partial charge on any atom is 0.168 e. The standard InChI is InChI=1S/C14H17BrFNO2/c15-10-1-2-13(16)12(9-10)14(18)5-8-19-11-3-6-17-7-4-11/h1-2,9,11,17H,3-8H2. The Labute approximate surface area is 120 Å². The summed E-state index contributed by atoms with van der Waals surface area (Å²) < 4.78 is 19.9. The lowest BCUT2D eigenvalue weighted by Gasteiger charge is -2.22. The molecule has 1 aromatic carbocycles. The number of rotatable bonds is 5. The Morgan fingerprint density at radius 3 is 2.89 bits per heavy atom. The molecular weight excluding hydrogens is 313 g/mol. The Hall–Kier alpha value is -0.780. The van der Waals surface area contributed by atoms with Crippen LogP contribution in [0.15, 0.2) is 22.7 Å². The second-order valence-corrected chi connectivity index (χ2v) is 5.53. The molecule has 2 rings (SSSR count). The van der Waals surface area contributed by atoms with Crippen molar-refractivity contribution in [2.24, 2.45) is 0 Å². The number of ketones is 1. The number of nitrogens with one attached hydrogen (secondary N) is 1. The number of halogens is 2. The molecule has 1 saturated heterocycles. The Bertz CT molecular complexity index is 447. The Kier molecular flexibility index (Phi) is 5.48. The summed E-state index contributed by atoms with van der Waals surface area (Å²) in [6.07, 6.45) is 2.39. The fraction of sp³-hybridized carbons (Fsp3) is 0.500. The van der Waals surface area contributed by atoms with Crippen molar-refractivity contribution < 1.29 is 13.9 Å². The summed E-state index contributed by atoms with van der Waals surface area (Å²) in [4.78, 5) is 11.9. The summed E-state index contributed by atoms with van der Waals surface area (Å²) in [7, 11) is 0. The lowest BCUT2D eigenvalue weighted by molar-refractivity contribution is 0.0313. The Balaban J connectivity index is 1.82. The average molecular weight is 330 g/mol. The molecule has 0 unspecified atom stereocenters. The molecule has 0 radical (unpaired) electrons. The van der Waals surface area contributed by atoms with Crippen LogP contribution in [0.1, 0.15) is 29.6 Å². The molecule has 1 aromatic rings. The van der Waals surface area contributed by atoms with Crippen LogP contribution in [0.4, 0.5) is 4.39 Å². The molecule has 0 bridgehead atoms. The summed E-state index contributed by atoms with van der Waals surface area (Å²) in [6.45, 7) is 2.27.